The second-order valence-electron chi connectivity index (χ2n) is 10.7. The van der Waals surface area contributed by atoms with Crippen molar-refractivity contribution >= 4 is 23.3 Å². The number of benzene rings is 1. The number of pyridine rings is 1. The summed E-state index contributed by atoms with van der Waals surface area (Å²) in [6.07, 6.45) is 0.439. The van der Waals surface area contributed by atoms with Crippen molar-refractivity contribution in [3.8, 4) is 17.0 Å². The van der Waals surface area contributed by atoms with Crippen LogP contribution in [-0.4, -0.2) is 80.3 Å². The summed E-state index contributed by atoms with van der Waals surface area (Å²) in [5.74, 6) is -9.20. The molecule has 3 aliphatic carbocycles. The largest absolute Gasteiger partial charge is 0.507 e. The lowest BCUT2D eigenvalue weighted by Gasteiger charge is -2.54. The van der Waals surface area contributed by atoms with Crippen LogP contribution in [0.5, 0.6) is 5.75 Å². The van der Waals surface area contributed by atoms with E-state index in [0.29, 0.717) is 16.8 Å². The lowest BCUT2D eigenvalue weighted by molar-refractivity contribution is -0.190. The number of ketones is 3. The number of nitrogens with zero attached hydrogens (tertiary/aromatic N) is 2. The first-order chi connectivity index (χ1) is 17.4. The number of carbonyl (C=O) groups excluding carboxylic acids is 4. The maximum absolute atomic E-state index is 13.9. The van der Waals surface area contributed by atoms with Crippen molar-refractivity contribution in [3.05, 3.63) is 47.2 Å². The molecule has 194 valence electrons. The highest BCUT2D eigenvalue weighted by Gasteiger charge is 2.69. The summed E-state index contributed by atoms with van der Waals surface area (Å²) in [6.45, 7) is 1.90. The third-order valence-corrected chi connectivity index (χ3v) is 8.36. The number of aromatic nitrogens is 1. The maximum atomic E-state index is 13.9. The Labute approximate surface area is 213 Å². The van der Waals surface area contributed by atoms with E-state index in [1.165, 1.54) is 6.07 Å². The molecule has 2 aromatic rings. The zero-order valence-electron chi connectivity index (χ0n) is 20.7. The summed E-state index contributed by atoms with van der Waals surface area (Å²) >= 11 is 0. The van der Waals surface area contributed by atoms with E-state index in [1.54, 1.807) is 31.3 Å². The van der Waals surface area contributed by atoms with E-state index in [-0.39, 0.29) is 24.2 Å². The molecule has 1 aromatic carbocycles. The van der Waals surface area contributed by atoms with Crippen LogP contribution < -0.4 is 5.73 Å². The Bertz CT molecular complexity index is 1340. The molecule has 0 bridgehead atoms. The van der Waals surface area contributed by atoms with Crippen molar-refractivity contribution in [2.45, 2.75) is 37.5 Å². The SMILES string of the molecule is Cc1ccc(-c2ccc(O)c3c2C[C@@H]2C[C@@H]4C(N(C)C)C(O)C(C(N)=O)C(=O)[C@]4(O)C(=O)C2C3=O)nc1. The van der Waals surface area contributed by atoms with Crippen molar-refractivity contribution in [2.75, 3.05) is 14.1 Å². The Morgan fingerprint density at radius 3 is 2.43 bits per heavy atom. The van der Waals surface area contributed by atoms with Gasteiger partial charge in [0.25, 0.3) is 0 Å². The standard InChI is InChI=1S/C27H29N3O7/c1-11-4-6-16(29-10-11)13-5-7-17(31)19-14(13)8-12-9-15-21(30(2)3)23(33)20(26(28)36)25(35)27(15,37)24(34)18(12)22(19)32/h4-7,10,12,15,18,20-21,23,31,33,37H,8-9H2,1-3H3,(H2,28,36)/t12-,15-,18?,20?,21?,23?,27-/m1/s1. The summed E-state index contributed by atoms with van der Waals surface area (Å²) in [5.41, 5.74) is 5.43. The molecule has 10 nitrogen and oxygen atoms in total. The number of phenolic OH excluding ortho intramolecular Hbond substituents is 1. The fourth-order valence-corrected chi connectivity index (χ4v) is 6.69. The van der Waals surface area contributed by atoms with Crippen LogP contribution in [0.1, 0.15) is 27.9 Å². The lowest BCUT2D eigenvalue weighted by atomic mass is 9.52. The van der Waals surface area contributed by atoms with Gasteiger partial charge in [0.1, 0.15) is 11.7 Å². The average molecular weight is 508 g/mol. The van der Waals surface area contributed by atoms with Crippen LogP contribution in [0.3, 0.4) is 0 Å². The molecule has 0 spiro atoms. The Kier molecular flexibility index (Phi) is 5.82. The first-order valence-corrected chi connectivity index (χ1v) is 12.2. The van der Waals surface area contributed by atoms with E-state index in [2.05, 4.69) is 4.98 Å². The van der Waals surface area contributed by atoms with Crippen LogP contribution >= 0.6 is 0 Å². The zero-order chi connectivity index (χ0) is 27.0. The van der Waals surface area contributed by atoms with E-state index < -0.39 is 64.7 Å². The summed E-state index contributed by atoms with van der Waals surface area (Å²) in [6, 6.07) is 5.79. The molecule has 3 aliphatic rings. The Balaban J connectivity index is 1.65. The third-order valence-electron chi connectivity index (χ3n) is 8.36. The molecule has 1 heterocycles. The van der Waals surface area contributed by atoms with Crippen molar-refractivity contribution in [1.82, 2.24) is 9.88 Å². The summed E-state index contributed by atoms with van der Waals surface area (Å²) < 4.78 is 0. The summed E-state index contributed by atoms with van der Waals surface area (Å²) in [5, 5.41) is 33.2. The number of phenols is 1. The number of rotatable bonds is 3. The van der Waals surface area contributed by atoms with Gasteiger partial charge in [-0.15, -0.1) is 0 Å². The van der Waals surface area contributed by atoms with Gasteiger partial charge in [-0.1, -0.05) is 6.07 Å². The molecule has 0 radical (unpaired) electrons. The molecule has 5 N–H and O–H groups in total. The van der Waals surface area contributed by atoms with E-state index in [0.717, 1.165) is 5.56 Å². The minimum Gasteiger partial charge on any atom is -0.507 e. The van der Waals surface area contributed by atoms with Crippen LogP contribution in [0.25, 0.3) is 11.3 Å². The highest BCUT2D eigenvalue weighted by Crippen LogP contribution is 2.52. The van der Waals surface area contributed by atoms with Gasteiger partial charge in [-0.05, 0) is 69.1 Å². The zero-order valence-corrected chi connectivity index (χ0v) is 20.7. The van der Waals surface area contributed by atoms with Gasteiger partial charge in [-0.25, -0.2) is 0 Å². The second kappa shape index (κ2) is 8.54. The number of fused-ring (bicyclic) bond motifs is 3. The number of hydrogen-bond acceptors (Lipinski definition) is 9. The van der Waals surface area contributed by atoms with Crippen molar-refractivity contribution < 1.29 is 34.5 Å². The predicted molar refractivity (Wildman–Crippen MR) is 130 cm³/mol. The van der Waals surface area contributed by atoms with Crippen molar-refractivity contribution in [3.63, 3.8) is 0 Å². The van der Waals surface area contributed by atoms with Gasteiger partial charge in [0, 0.05) is 23.7 Å². The van der Waals surface area contributed by atoms with E-state index in [9.17, 15) is 34.5 Å². The van der Waals surface area contributed by atoms with E-state index in [1.807, 2.05) is 19.1 Å². The van der Waals surface area contributed by atoms with Gasteiger partial charge >= 0.3 is 0 Å². The monoisotopic (exact) mass is 507 g/mol. The number of aromatic hydroxyl groups is 1. The molecule has 5 rings (SSSR count). The fraction of sp³-hybridized carbons (Fsp3) is 0.444. The Morgan fingerprint density at radius 2 is 1.84 bits per heavy atom. The van der Waals surface area contributed by atoms with E-state index >= 15 is 0 Å². The predicted octanol–water partition coefficient (Wildman–Crippen LogP) is 0.0292. The van der Waals surface area contributed by atoms with Gasteiger partial charge in [0.05, 0.1) is 23.3 Å². The van der Waals surface area contributed by atoms with Gasteiger partial charge in [0.2, 0.25) is 5.91 Å². The van der Waals surface area contributed by atoms with Crippen LogP contribution in [-0.2, 0) is 20.8 Å². The smallest absolute Gasteiger partial charge is 0.230 e. The minimum atomic E-state index is -2.67. The summed E-state index contributed by atoms with van der Waals surface area (Å²) in [4.78, 5) is 59.1. The summed E-state index contributed by atoms with van der Waals surface area (Å²) in [7, 11) is 3.22. The number of aliphatic hydroxyl groups excluding tert-OH is 1. The van der Waals surface area contributed by atoms with Crippen molar-refractivity contribution in [2.24, 2.45) is 29.4 Å². The Morgan fingerprint density at radius 1 is 1.14 bits per heavy atom. The molecule has 10 heteroatoms. The molecule has 4 unspecified atom stereocenters. The molecule has 7 atom stereocenters. The van der Waals surface area contributed by atoms with Gasteiger partial charge < -0.3 is 26.0 Å². The average Bonchev–Trinajstić information content (AvgIpc) is 2.82. The number of nitrogens with two attached hydrogens (primary N) is 1. The molecule has 0 saturated heterocycles. The molecular formula is C27H29N3O7. The second-order valence-corrected chi connectivity index (χ2v) is 10.7. The van der Waals surface area contributed by atoms with Crippen LogP contribution in [0.2, 0.25) is 0 Å². The lowest BCUT2D eigenvalue weighted by Crippen LogP contribution is -2.75. The van der Waals surface area contributed by atoms with Gasteiger partial charge in [0.15, 0.2) is 23.0 Å². The fourth-order valence-electron chi connectivity index (χ4n) is 6.69. The number of carbonyl (C=O) groups is 4. The highest BCUT2D eigenvalue weighted by atomic mass is 16.3. The number of amides is 1. The van der Waals surface area contributed by atoms with Crippen LogP contribution in [0.15, 0.2) is 30.5 Å². The minimum absolute atomic E-state index is 0.0320. The quantitative estimate of drug-likeness (QED) is 0.418. The molecular weight excluding hydrogens is 478 g/mol. The highest BCUT2D eigenvalue weighted by molar-refractivity contribution is 6.25. The molecule has 0 aliphatic heterocycles. The number of likely N-dealkylation sites (N-methyl/N-ethyl adjacent to an activating group) is 1. The number of aliphatic hydroxyl groups is 2. The molecule has 1 amide bonds. The number of primary amides is 1. The van der Waals surface area contributed by atoms with Crippen LogP contribution in [0, 0.1) is 30.6 Å². The molecule has 37 heavy (non-hydrogen) atoms. The first-order valence-electron chi connectivity index (χ1n) is 12.2. The molecule has 2 saturated carbocycles. The van der Waals surface area contributed by atoms with E-state index in [4.69, 9.17) is 5.73 Å². The van der Waals surface area contributed by atoms with Gasteiger partial charge in [-0.2, -0.15) is 0 Å². The van der Waals surface area contributed by atoms with Crippen LogP contribution in [0.4, 0.5) is 0 Å². The molecule has 1 aromatic heterocycles. The number of aryl methyl sites for hydroxylation is 1. The number of Topliss-reactive ketones (excluding diaryl/α,β-unsaturated/α-hetero) is 3. The van der Waals surface area contributed by atoms with Crippen molar-refractivity contribution in [1.29, 1.82) is 0 Å². The number of hydrogen-bond donors (Lipinski definition) is 4. The maximum Gasteiger partial charge on any atom is 0.230 e. The van der Waals surface area contributed by atoms with Gasteiger partial charge in [-0.3, -0.25) is 24.2 Å². The third kappa shape index (κ3) is 3.47. The molecule has 2 fully saturated rings. The topological polar surface area (TPSA) is 171 Å². The Hall–Kier alpha value is -3.47. The first kappa shape index (κ1) is 25.2. The normalized spacial score (nSPS) is 33.1.